The van der Waals surface area contributed by atoms with Gasteiger partial charge in [-0.3, -0.25) is 0 Å². The fraction of sp³-hybridized carbons (Fsp3) is 0. The Balaban J connectivity index is 0. The van der Waals surface area contributed by atoms with Gasteiger partial charge >= 0.3 is 40.7 Å². The van der Waals surface area contributed by atoms with Crippen LogP contribution in [0.5, 0.6) is 0 Å². The molecule has 0 spiro atoms. The van der Waals surface area contributed by atoms with Crippen LogP contribution in [0.1, 0.15) is 0 Å². The van der Waals surface area contributed by atoms with Crippen molar-refractivity contribution in [2.45, 2.75) is 0 Å². The number of halogens is 2. The first-order valence-electron chi connectivity index (χ1n) is 1.00. The quantitative estimate of drug-likeness (QED) is 0.450. The van der Waals surface area contributed by atoms with E-state index in [9.17, 15) is 0 Å². The van der Waals surface area contributed by atoms with Crippen molar-refractivity contribution >= 4 is 27.5 Å². The van der Waals surface area contributed by atoms with Crippen molar-refractivity contribution in [2.75, 3.05) is 0 Å². The first-order valence-corrected chi connectivity index (χ1v) is 3.59. The van der Waals surface area contributed by atoms with Crippen molar-refractivity contribution in [2.24, 2.45) is 0 Å². The Bertz CT molecular complexity index is 24.1. The molecule has 0 aromatic carbocycles. The van der Waals surface area contributed by atoms with E-state index in [1.165, 1.54) is 0 Å². The van der Waals surface area contributed by atoms with Crippen LogP contribution in [0.15, 0.2) is 0 Å². The minimum absolute atomic E-state index is 0.757. The molecule has 3 N–H and O–H groups in total. The van der Waals surface area contributed by atoms with Gasteiger partial charge in [0.05, 0.1) is 0 Å². The molecule has 0 heterocycles. The van der Waals surface area contributed by atoms with Crippen LogP contribution in [-0.2, 0) is 13.1 Å². The van der Waals surface area contributed by atoms with Gasteiger partial charge in [0.1, 0.15) is 0 Å². The Kier molecular flexibility index (Phi) is 15.8. The Morgan fingerprint density at radius 2 is 1.14 bits per heavy atom. The second-order valence-electron chi connectivity index (χ2n) is 0.389. The summed E-state index contributed by atoms with van der Waals surface area (Å²) >= 11 is 0.757. The molecule has 0 fully saturated rings. The van der Waals surface area contributed by atoms with Crippen molar-refractivity contribution in [1.29, 1.82) is 0 Å². The molecule has 0 saturated heterocycles. The van der Waals surface area contributed by atoms with Gasteiger partial charge in [-0.25, -0.2) is 0 Å². The van der Waals surface area contributed by atoms with Crippen LogP contribution in [0.3, 0.4) is 0 Å². The molecule has 0 aliphatic heterocycles. The molecule has 0 unspecified atom stereocenters. The van der Waals surface area contributed by atoms with Gasteiger partial charge in [-0.05, 0) is 0 Å². The van der Waals surface area contributed by atoms with Gasteiger partial charge in [0.25, 0.3) is 0 Å². The standard InChI is InChI=1S/BH3O3.2ClH.Cu/c2-1(3)4;;;/h2-4H;2*1H;/q;;;+2/p-2. The van der Waals surface area contributed by atoms with Crippen molar-refractivity contribution in [1.82, 2.24) is 0 Å². The van der Waals surface area contributed by atoms with E-state index in [0.29, 0.717) is 0 Å². The molecule has 0 amide bonds. The van der Waals surface area contributed by atoms with Crippen LogP contribution in [0.2, 0.25) is 0 Å². The third-order valence-electron chi connectivity index (χ3n) is 0. The zero-order valence-corrected chi connectivity index (χ0v) is 5.43. The average Bonchev–Trinajstić information content (AvgIpc) is 1.33. The van der Waals surface area contributed by atoms with Crippen molar-refractivity contribution in [3.05, 3.63) is 0 Å². The third kappa shape index (κ3) is 164. The molecule has 0 bridgehead atoms. The van der Waals surface area contributed by atoms with Gasteiger partial charge in [0.15, 0.2) is 0 Å². The fourth-order valence-electron chi connectivity index (χ4n) is 0. The van der Waals surface area contributed by atoms with E-state index in [0.717, 1.165) is 13.1 Å². The van der Waals surface area contributed by atoms with Crippen molar-refractivity contribution < 1.29 is 28.2 Å². The molecule has 0 aromatic heterocycles. The van der Waals surface area contributed by atoms with E-state index in [4.69, 9.17) is 15.1 Å². The molecular weight excluding hydrogens is 193 g/mol. The van der Waals surface area contributed by atoms with Gasteiger partial charge in [-0.15, -0.1) is 0 Å². The summed E-state index contributed by atoms with van der Waals surface area (Å²) in [6.45, 7) is 0. The molecular formula is H3BCl2CuO3. The van der Waals surface area contributed by atoms with Crippen molar-refractivity contribution in [3.63, 3.8) is 0 Å². The van der Waals surface area contributed by atoms with Gasteiger partial charge in [-0.1, -0.05) is 0 Å². The molecule has 7 heavy (non-hydrogen) atoms. The number of hydrogen-bond acceptors (Lipinski definition) is 3. The molecule has 0 radical (unpaired) electrons. The summed E-state index contributed by atoms with van der Waals surface area (Å²) < 4.78 is 0. The topological polar surface area (TPSA) is 60.7 Å². The van der Waals surface area contributed by atoms with Gasteiger partial charge in [0, 0.05) is 0 Å². The summed E-state index contributed by atoms with van der Waals surface area (Å²) in [6, 6.07) is 0. The second kappa shape index (κ2) is 10.1. The summed E-state index contributed by atoms with van der Waals surface area (Å²) in [5.41, 5.74) is 0. The van der Waals surface area contributed by atoms with Gasteiger partial charge in [0.2, 0.25) is 0 Å². The summed E-state index contributed by atoms with van der Waals surface area (Å²) in [5.74, 6) is 0. The number of rotatable bonds is 0. The monoisotopic (exact) mass is 195 g/mol. The van der Waals surface area contributed by atoms with Crippen molar-refractivity contribution in [3.8, 4) is 0 Å². The second-order valence-corrected chi connectivity index (χ2v) is 1.94. The van der Waals surface area contributed by atoms with Crippen LogP contribution in [0.25, 0.3) is 0 Å². The van der Waals surface area contributed by atoms with Gasteiger partial charge < -0.3 is 15.1 Å². The normalized spacial score (nSPS) is 7.00. The summed E-state index contributed by atoms with van der Waals surface area (Å²) in [5, 5.41) is 21.5. The Hall–Kier alpha value is 1.04. The average molecular weight is 196 g/mol. The van der Waals surface area contributed by atoms with E-state index in [1.54, 1.807) is 0 Å². The molecule has 0 aromatic rings. The van der Waals surface area contributed by atoms with Crippen LogP contribution < -0.4 is 0 Å². The van der Waals surface area contributed by atoms with E-state index in [2.05, 4.69) is 20.2 Å². The molecule has 0 aliphatic rings. The van der Waals surface area contributed by atoms with Crippen LogP contribution in [-0.4, -0.2) is 22.4 Å². The molecule has 0 atom stereocenters. The molecule has 49 valence electrons. The summed E-state index contributed by atoms with van der Waals surface area (Å²) in [6.07, 6.45) is 0. The predicted molar refractivity (Wildman–Crippen MR) is 24.1 cm³/mol. The first-order chi connectivity index (χ1) is 3.15. The minimum atomic E-state index is -2.17. The van der Waals surface area contributed by atoms with Crippen LogP contribution in [0, 0.1) is 0 Å². The summed E-state index contributed by atoms with van der Waals surface area (Å²) in [7, 11) is 7.17. The Labute approximate surface area is 56.0 Å². The SMILES string of the molecule is OB(O)O.[Cl][Cu][Cl]. The molecule has 0 aliphatic carbocycles. The zero-order chi connectivity index (χ0) is 6.28. The maximum atomic E-state index is 7.17. The van der Waals surface area contributed by atoms with E-state index in [1.807, 2.05) is 0 Å². The molecule has 3 nitrogen and oxygen atoms in total. The fourth-order valence-corrected chi connectivity index (χ4v) is 0. The zero-order valence-electron chi connectivity index (χ0n) is 2.98. The maximum absolute atomic E-state index is 7.17. The molecule has 7 heteroatoms. The summed E-state index contributed by atoms with van der Waals surface area (Å²) in [4.78, 5) is 0. The third-order valence-corrected chi connectivity index (χ3v) is 0. The number of hydrogen-bond donors (Lipinski definition) is 3. The molecule has 0 saturated carbocycles. The van der Waals surface area contributed by atoms with E-state index < -0.39 is 7.32 Å². The first kappa shape index (κ1) is 10.9. The van der Waals surface area contributed by atoms with Crippen LogP contribution >= 0.6 is 20.2 Å². The van der Waals surface area contributed by atoms with E-state index >= 15 is 0 Å². The Morgan fingerprint density at radius 3 is 1.14 bits per heavy atom. The van der Waals surface area contributed by atoms with E-state index in [-0.39, 0.29) is 0 Å². The van der Waals surface area contributed by atoms with Gasteiger partial charge in [-0.2, -0.15) is 0 Å². The Morgan fingerprint density at radius 1 is 1.14 bits per heavy atom. The molecule has 0 rings (SSSR count). The predicted octanol–water partition coefficient (Wildman–Crippen LogP) is -0.675. The van der Waals surface area contributed by atoms with Crippen LogP contribution in [0.4, 0.5) is 0 Å².